The molecule has 0 aliphatic rings. The van der Waals surface area contributed by atoms with Gasteiger partial charge in [0.1, 0.15) is 12.7 Å². The number of Topliss-reactive ketones (excluding diaryl/α,β-unsaturated/α-hetero) is 1. The molecule has 0 saturated carbocycles. The van der Waals surface area contributed by atoms with Gasteiger partial charge in [-0.25, -0.2) is 9.59 Å². The molecular formula is C24H20O5. The molecule has 0 fully saturated rings. The Hall–Kier alpha value is -3.73. The normalized spacial score (nSPS) is 11.3. The van der Waals surface area contributed by atoms with Gasteiger partial charge in [0.05, 0.1) is 17.5 Å². The SMILES string of the molecule is O=C(CC(COC(=O)c1ccccc1)OC(=O)c1ccccc1)c1ccccc1. The van der Waals surface area contributed by atoms with Crippen LogP contribution in [0.1, 0.15) is 37.5 Å². The van der Waals surface area contributed by atoms with E-state index in [9.17, 15) is 14.4 Å². The van der Waals surface area contributed by atoms with Gasteiger partial charge in [0.2, 0.25) is 0 Å². The Morgan fingerprint density at radius 3 is 1.59 bits per heavy atom. The maximum absolute atomic E-state index is 12.6. The minimum atomic E-state index is -0.900. The first-order valence-electron chi connectivity index (χ1n) is 9.20. The van der Waals surface area contributed by atoms with Gasteiger partial charge in [0.25, 0.3) is 0 Å². The van der Waals surface area contributed by atoms with Gasteiger partial charge < -0.3 is 9.47 Å². The number of carbonyl (C=O) groups is 3. The highest BCUT2D eigenvalue weighted by Gasteiger charge is 2.22. The molecule has 3 aromatic rings. The van der Waals surface area contributed by atoms with Gasteiger partial charge in [-0.1, -0.05) is 66.7 Å². The van der Waals surface area contributed by atoms with Crippen LogP contribution in [-0.4, -0.2) is 30.4 Å². The van der Waals surface area contributed by atoms with Crippen LogP contribution in [0.5, 0.6) is 0 Å². The lowest BCUT2D eigenvalue weighted by Gasteiger charge is -2.18. The summed E-state index contributed by atoms with van der Waals surface area (Å²) >= 11 is 0. The van der Waals surface area contributed by atoms with Gasteiger partial charge in [0, 0.05) is 5.56 Å². The second kappa shape index (κ2) is 9.99. The summed E-state index contributed by atoms with van der Waals surface area (Å²) in [4.78, 5) is 37.2. The highest BCUT2D eigenvalue weighted by Crippen LogP contribution is 2.13. The Morgan fingerprint density at radius 1 is 0.621 bits per heavy atom. The Balaban J connectivity index is 1.69. The second-order valence-electron chi connectivity index (χ2n) is 6.35. The number of hydrogen-bond donors (Lipinski definition) is 0. The molecule has 0 aliphatic carbocycles. The number of benzene rings is 3. The van der Waals surface area contributed by atoms with Crippen LogP contribution in [0.25, 0.3) is 0 Å². The van der Waals surface area contributed by atoms with Gasteiger partial charge in [-0.3, -0.25) is 4.79 Å². The summed E-state index contributed by atoms with van der Waals surface area (Å²) in [6, 6.07) is 25.7. The lowest BCUT2D eigenvalue weighted by molar-refractivity contribution is -0.00154. The van der Waals surface area contributed by atoms with Gasteiger partial charge in [-0.2, -0.15) is 0 Å². The fourth-order valence-corrected chi connectivity index (χ4v) is 2.70. The molecule has 0 saturated heterocycles. The first-order valence-corrected chi connectivity index (χ1v) is 9.20. The first kappa shape index (κ1) is 20.0. The number of carbonyl (C=O) groups excluding carboxylic acids is 3. The lowest BCUT2D eigenvalue weighted by Crippen LogP contribution is -2.28. The van der Waals surface area contributed by atoms with Gasteiger partial charge in [0.15, 0.2) is 5.78 Å². The van der Waals surface area contributed by atoms with Crippen molar-refractivity contribution in [2.75, 3.05) is 6.61 Å². The summed E-state index contributed by atoms with van der Waals surface area (Å²) in [5, 5.41) is 0. The van der Waals surface area contributed by atoms with E-state index >= 15 is 0 Å². The average Bonchev–Trinajstić information content (AvgIpc) is 2.79. The molecule has 3 rings (SSSR count). The summed E-state index contributed by atoms with van der Waals surface area (Å²) in [5.74, 6) is -1.32. The maximum atomic E-state index is 12.6. The predicted molar refractivity (Wildman–Crippen MR) is 108 cm³/mol. The van der Waals surface area contributed by atoms with Gasteiger partial charge in [-0.15, -0.1) is 0 Å². The lowest BCUT2D eigenvalue weighted by atomic mass is 10.1. The summed E-state index contributed by atoms with van der Waals surface area (Å²) in [7, 11) is 0. The standard InChI is InChI=1S/C24H20O5/c25-22(18-10-4-1-5-11-18)16-21(29-24(27)20-14-8-3-9-15-20)17-28-23(26)19-12-6-2-7-13-19/h1-15,21H,16-17H2. The molecule has 5 nitrogen and oxygen atoms in total. The quantitative estimate of drug-likeness (QED) is 0.424. The zero-order valence-electron chi connectivity index (χ0n) is 15.7. The summed E-state index contributed by atoms with van der Waals surface area (Å²) < 4.78 is 10.8. The fourth-order valence-electron chi connectivity index (χ4n) is 2.70. The molecule has 1 unspecified atom stereocenters. The predicted octanol–water partition coefficient (Wildman–Crippen LogP) is 4.34. The molecule has 0 spiro atoms. The van der Waals surface area contributed by atoms with Crippen LogP contribution in [0.15, 0.2) is 91.0 Å². The highest BCUT2D eigenvalue weighted by atomic mass is 16.6. The van der Waals surface area contributed by atoms with E-state index in [1.54, 1.807) is 84.9 Å². The van der Waals surface area contributed by atoms with Crippen molar-refractivity contribution in [2.45, 2.75) is 12.5 Å². The number of ether oxygens (including phenoxy) is 2. The molecule has 146 valence electrons. The van der Waals surface area contributed by atoms with E-state index < -0.39 is 18.0 Å². The molecule has 0 bridgehead atoms. The Labute approximate surface area is 168 Å². The molecule has 0 N–H and O–H groups in total. The molecule has 29 heavy (non-hydrogen) atoms. The molecule has 1 atom stereocenters. The van der Waals surface area contributed by atoms with Crippen molar-refractivity contribution in [3.63, 3.8) is 0 Å². The van der Waals surface area contributed by atoms with E-state index in [0.717, 1.165) is 0 Å². The molecule has 0 radical (unpaired) electrons. The Morgan fingerprint density at radius 2 is 1.07 bits per heavy atom. The van der Waals surface area contributed by atoms with Crippen molar-refractivity contribution in [2.24, 2.45) is 0 Å². The van der Waals surface area contributed by atoms with E-state index in [1.165, 1.54) is 0 Å². The van der Waals surface area contributed by atoms with Crippen LogP contribution >= 0.6 is 0 Å². The van der Waals surface area contributed by atoms with Gasteiger partial charge in [-0.05, 0) is 24.3 Å². The van der Waals surface area contributed by atoms with Crippen molar-refractivity contribution in [3.05, 3.63) is 108 Å². The van der Waals surface area contributed by atoms with Crippen LogP contribution in [0.4, 0.5) is 0 Å². The third-order valence-corrected chi connectivity index (χ3v) is 4.20. The van der Waals surface area contributed by atoms with Crippen LogP contribution in [0.2, 0.25) is 0 Å². The van der Waals surface area contributed by atoms with E-state index in [4.69, 9.17) is 9.47 Å². The monoisotopic (exact) mass is 388 g/mol. The summed E-state index contributed by atoms with van der Waals surface area (Å²) in [6.07, 6.45) is -0.993. The van der Waals surface area contributed by atoms with E-state index in [1.807, 2.05) is 6.07 Å². The molecule has 0 aliphatic heterocycles. The Bertz CT molecular complexity index is 899. The Kier molecular flexibility index (Phi) is 6.90. The molecular weight excluding hydrogens is 368 g/mol. The van der Waals surface area contributed by atoms with Crippen molar-refractivity contribution in [1.29, 1.82) is 0 Å². The molecule has 5 heteroatoms. The fraction of sp³-hybridized carbons (Fsp3) is 0.125. The number of ketones is 1. The summed E-state index contributed by atoms with van der Waals surface area (Å²) in [6.45, 7) is -0.217. The molecule has 3 aromatic carbocycles. The maximum Gasteiger partial charge on any atom is 0.338 e. The largest absolute Gasteiger partial charge is 0.458 e. The number of esters is 2. The first-order chi connectivity index (χ1) is 14.1. The van der Waals surface area contributed by atoms with Crippen molar-refractivity contribution in [3.8, 4) is 0 Å². The minimum Gasteiger partial charge on any atom is -0.458 e. The van der Waals surface area contributed by atoms with E-state index in [2.05, 4.69) is 0 Å². The minimum absolute atomic E-state index is 0.0926. The molecule has 0 aromatic heterocycles. The van der Waals surface area contributed by atoms with E-state index in [0.29, 0.717) is 16.7 Å². The smallest absolute Gasteiger partial charge is 0.338 e. The van der Waals surface area contributed by atoms with E-state index in [-0.39, 0.29) is 18.8 Å². The van der Waals surface area contributed by atoms with Gasteiger partial charge >= 0.3 is 11.9 Å². The zero-order chi connectivity index (χ0) is 20.5. The van der Waals surface area contributed by atoms with Crippen LogP contribution in [-0.2, 0) is 9.47 Å². The van der Waals surface area contributed by atoms with Crippen LogP contribution in [0, 0.1) is 0 Å². The summed E-state index contributed by atoms with van der Waals surface area (Å²) in [5.41, 5.74) is 1.25. The topological polar surface area (TPSA) is 69.7 Å². The average molecular weight is 388 g/mol. The second-order valence-corrected chi connectivity index (χ2v) is 6.35. The van der Waals surface area contributed by atoms with Crippen LogP contribution in [0.3, 0.4) is 0 Å². The molecule has 0 amide bonds. The molecule has 0 heterocycles. The highest BCUT2D eigenvalue weighted by molar-refractivity contribution is 5.97. The zero-order valence-corrected chi connectivity index (χ0v) is 15.7. The third kappa shape index (κ3) is 5.87. The van der Waals surface area contributed by atoms with Crippen molar-refractivity contribution >= 4 is 17.7 Å². The number of hydrogen-bond acceptors (Lipinski definition) is 5. The van der Waals surface area contributed by atoms with Crippen LogP contribution < -0.4 is 0 Å². The third-order valence-electron chi connectivity index (χ3n) is 4.20. The van der Waals surface area contributed by atoms with Crippen molar-refractivity contribution in [1.82, 2.24) is 0 Å². The van der Waals surface area contributed by atoms with Crippen molar-refractivity contribution < 1.29 is 23.9 Å². The number of rotatable bonds is 8.